The Bertz CT molecular complexity index is 841. The van der Waals surface area contributed by atoms with Crippen LogP contribution in [0.25, 0.3) is 0 Å². The molecular weight excluding hydrogens is 697 g/mol. The number of carbonyl (C=O) groups is 3. The predicted octanol–water partition coefficient (Wildman–Crippen LogP) is 15.9. The van der Waals surface area contributed by atoms with E-state index in [-0.39, 0.29) is 31.1 Å². The summed E-state index contributed by atoms with van der Waals surface area (Å²) >= 11 is 0. The van der Waals surface area contributed by atoms with Crippen LogP contribution in [0.4, 0.5) is 0 Å². The highest BCUT2D eigenvalue weighted by molar-refractivity contribution is 5.71. The van der Waals surface area contributed by atoms with E-state index in [0.717, 1.165) is 63.7 Å². The van der Waals surface area contributed by atoms with Crippen molar-refractivity contribution >= 4 is 17.9 Å². The van der Waals surface area contributed by atoms with Crippen LogP contribution in [0.3, 0.4) is 0 Å². The largest absolute Gasteiger partial charge is 0.462 e. The van der Waals surface area contributed by atoms with Crippen molar-refractivity contribution in [3.8, 4) is 0 Å². The lowest BCUT2D eigenvalue weighted by atomic mass is 10.0. The molecule has 0 N–H and O–H groups in total. The number of carbonyl (C=O) groups excluding carboxylic acids is 3. The van der Waals surface area contributed by atoms with Gasteiger partial charge in [0, 0.05) is 19.3 Å². The second kappa shape index (κ2) is 44.5. The summed E-state index contributed by atoms with van der Waals surface area (Å²) in [5, 5.41) is 0. The first-order valence-corrected chi connectivity index (χ1v) is 24.9. The standard InChI is InChI=1S/C50H96O6/c1-5-7-9-11-13-14-15-16-20-24-27-31-35-39-43-50(53)56-47(44-54-48(51)41-37-33-28-12-10-8-6-2)45-55-49(52)42-38-34-30-26-23-21-18-17-19-22-25-29-32-36-40-46(3)4/h46-47H,5-45H2,1-4H3/t47-/m0/s1. The van der Waals surface area contributed by atoms with Crippen molar-refractivity contribution in [1.29, 1.82) is 0 Å². The van der Waals surface area contributed by atoms with E-state index in [4.69, 9.17) is 14.2 Å². The molecule has 6 heteroatoms. The van der Waals surface area contributed by atoms with Gasteiger partial charge in [-0.3, -0.25) is 14.4 Å². The van der Waals surface area contributed by atoms with Crippen LogP contribution in [-0.4, -0.2) is 37.2 Å². The first-order chi connectivity index (χ1) is 27.4. The van der Waals surface area contributed by atoms with Gasteiger partial charge < -0.3 is 14.2 Å². The molecule has 56 heavy (non-hydrogen) atoms. The molecule has 0 heterocycles. The topological polar surface area (TPSA) is 78.9 Å². The van der Waals surface area contributed by atoms with E-state index in [1.54, 1.807) is 0 Å². The van der Waals surface area contributed by atoms with Gasteiger partial charge in [0.2, 0.25) is 0 Å². The minimum atomic E-state index is -0.759. The van der Waals surface area contributed by atoms with Gasteiger partial charge in [-0.05, 0) is 25.2 Å². The third-order valence-electron chi connectivity index (χ3n) is 11.3. The fourth-order valence-corrected chi connectivity index (χ4v) is 7.51. The van der Waals surface area contributed by atoms with Crippen molar-refractivity contribution in [3.05, 3.63) is 0 Å². The SMILES string of the molecule is CCCCCCCCCCCCCCCCC(=O)O[C@@H](COC(=O)CCCCCCCCC)COC(=O)CCCCCCCCCCCCCCCCC(C)C. The highest BCUT2D eigenvalue weighted by atomic mass is 16.6. The number of unbranched alkanes of at least 4 members (excludes halogenated alkanes) is 32. The van der Waals surface area contributed by atoms with E-state index in [9.17, 15) is 14.4 Å². The highest BCUT2D eigenvalue weighted by Crippen LogP contribution is 2.17. The van der Waals surface area contributed by atoms with E-state index in [0.29, 0.717) is 19.3 Å². The Morgan fingerprint density at radius 2 is 0.589 bits per heavy atom. The summed E-state index contributed by atoms with van der Waals surface area (Å²) < 4.78 is 16.7. The van der Waals surface area contributed by atoms with Crippen molar-refractivity contribution in [2.24, 2.45) is 5.92 Å². The van der Waals surface area contributed by atoms with Gasteiger partial charge in [0.15, 0.2) is 6.10 Å². The van der Waals surface area contributed by atoms with Crippen LogP contribution < -0.4 is 0 Å². The zero-order chi connectivity index (χ0) is 41.0. The van der Waals surface area contributed by atoms with Crippen LogP contribution in [0.2, 0.25) is 0 Å². The smallest absolute Gasteiger partial charge is 0.306 e. The zero-order valence-corrected chi connectivity index (χ0v) is 38.1. The average Bonchev–Trinajstić information content (AvgIpc) is 3.18. The predicted molar refractivity (Wildman–Crippen MR) is 238 cm³/mol. The summed E-state index contributed by atoms with van der Waals surface area (Å²) in [5.74, 6) is -0.00860. The van der Waals surface area contributed by atoms with Crippen molar-refractivity contribution in [2.75, 3.05) is 13.2 Å². The Labute approximate surface area is 348 Å². The molecule has 0 saturated carbocycles. The fraction of sp³-hybridized carbons (Fsp3) is 0.940. The molecule has 0 aromatic carbocycles. The van der Waals surface area contributed by atoms with Gasteiger partial charge in [-0.2, -0.15) is 0 Å². The molecule has 0 aliphatic rings. The maximum absolute atomic E-state index is 12.7. The molecule has 0 amide bonds. The lowest BCUT2D eigenvalue weighted by Gasteiger charge is -2.18. The molecule has 332 valence electrons. The second-order valence-corrected chi connectivity index (χ2v) is 17.6. The summed E-state index contributed by atoms with van der Waals surface area (Å²) in [4.78, 5) is 37.7. The van der Waals surface area contributed by atoms with E-state index >= 15 is 0 Å². The lowest BCUT2D eigenvalue weighted by Crippen LogP contribution is -2.30. The van der Waals surface area contributed by atoms with Crippen LogP contribution in [0.15, 0.2) is 0 Å². The van der Waals surface area contributed by atoms with Gasteiger partial charge in [-0.25, -0.2) is 0 Å². The molecule has 0 unspecified atom stereocenters. The zero-order valence-electron chi connectivity index (χ0n) is 38.1. The second-order valence-electron chi connectivity index (χ2n) is 17.6. The average molecular weight is 793 g/mol. The summed E-state index contributed by atoms with van der Waals surface area (Å²) in [5.41, 5.74) is 0. The molecule has 0 radical (unpaired) electrons. The van der Waals surface area contributed by atoms with Gasteiger partial charge in [-0.1, -0.05) is 240 Å². The third kappa shape index (κ3) is 43.5. The van der Waals surface area contributed by atoms with Crippen LogP contribution in [-0.2, 0) is 28.6 Å². The van der Waals surface area contributed by atoms with Crippen LogP contribution >= 0.6 is 0 Å². The molecule has 0 spiro atoms. The van der Waals surface area contributed by atoms with E-state index < -0.39 is 6.10 Å². The summed E-state index contributed by atoms with van der Waals surface area (Å²) in [6.45, 7) is 8.99. The van der Waals surface area contributed by atoms with Crippen molar-refractivity contribution in [1.82, 2.24) is 0 Å². The molecule has 6 nitrogen and oxygen atoms in total. The summed E-state index contributed by atoms with van der Waals surface area (Å²) in [6.07, 6.45) is 45.3. The van der Waals surface area contributed by atoms with Gasteiger partial charge in [0.05, 0.1) is 0 Å². The maximum atomic E-state index is 12.7. The molecule has 0 fully saturated rings. The number of rotatable bonds is 45. The Morgan fingerprint density at radius 3 is 0.875 bits per heavy atom. The molecule has 0 bridgehead atoms. The van der Waals surface area contributed by atoms with Crippen molar-refractivity contribution in [2.45, 2.75) is 284 Å². The van der Waals surface area contributed by atoms with Crippen molar-refractivity contribution < 1.29 is 28.6 Å². The minimum Gasteiger partial charge on any atom is -0.462 e. The minimum absolute atomic E-state index is 0.0633. The van der Waals surface area contributed by atoms with Gasteiger partial charge in [0.25, 0.3) is 0 Å². The van der Waals surface area contributed by atoms with Gasteiger partial charge in [-0.15, -0.1) is 0 Å². The monoisotopic (exact) mass is 793 g/mol. The molecule has 0 aromatic rings. The van der Waals surface area contributed by atoms with Crippen LogP contribution in [0, 0.1) is 5.92 Å². The molecule has 0 aliphatic carbocycles. The first kappa shape index (κ1) is 54.4. The number of ether oxygens (including phenoxy) is 3. The third-order valence-corrected chi connectivity index (χ3v) is 11.3. The molecular formula is C50H96O6. The van der Waals surface area contributed by atoms with Gasteiger partial charge in [0.1, 0.15) is 13.2 Å². The number of hydrogen-bond donors (Lipinski definition) is 0. The normalized spacial score (nSPS) is 11.9. The Morgan fingerprint density at radius 1 is 0.339 bits per heavy atom. The fourth-order valence-electron chi connectivity index (χ4n) is 7.51. The molecule has 1 atom stereocenters. The first-order valence-electron chi connectivity index (χ1n) is 24.9. The Balaban J connectivity index is 4.20. The van der Waals surface area contributed by atoms with E-state index in [1.165, 1.54) is 173 Å². The number of esters is 3. The van der Waals surface area contributed by atoms with E-state index in [1.807, 2.05) is 0 Å². The molecule has 0 aromatic heterocycles. The summed E-state index contributed by atoms with van der Waals surface area (Å²) in [6, 6.07) is 0. The quantitative estimate of drug-likeness (QED) is 0.0347. The highest BCUT2D eigenvalue weighted by Gasteiger charge is 2.19. The van der Waals surface area contributed by atoms with Gasteiger partial charge >= 0.3 is 17.9 Å². The maximum Gasteiger partial charge on any atom is 0.306 e. The van der Waals surface area contributed by atoms with Crippen LogP contribution in [0.1, 0.15) is 278 Å². The molecule has 0 rings (SSSR count). The Hall–Kier alpha value is -1.59. The van der Waals surface area contributed by atoms with Crippen molar-refractivity contribution in [3.63, 3.8) is 0 Å². The molecule has 0 aliphatic heterocycles. The summed E-state index contributed by atoms with van der Waals surface area (Å²) in [7, 11) is 0. The number of hydrogen-bond acceptors (Lipinski definition) is 6. The van der Waals surface area contributed by atoms with E-state index in [2.05, 4.69) is 27.7 Å². The van der Waals surface area contributed by atoms with Crippen LogP contribution in [0.5, 0.6) is 0 Å². The lowest BCUT2D eigenvalue weighted by molar-refractivity contribution is -0.167. The Kier molecular flexibility index (Phi) is 43.2. The molecule has 0 saturated heterocycles.